The van der Waals surface area contributed by atoms with Crippen LogP contribution in [-0.4, -0.2) is 23.9 Å². The summed E-state index contributed by atoms with van der Waals surface area (Å²) in [6.45, 7) is 6.01. The first-order valence-corrected chi connectivity index (χ1v) is 12.1. The number of anilines is 1. The van der Waals surface area contributed by atoms with Crippen molar-refractivity contribution in [3.05, 3.63) is 99.3 Å². The summed E-state index contributed by atoms with van der Waals surface area (Å²) in [5.41, 5.74) is 3.16. The molecule has 0 bridgehead atoms. The fraction of sp³-hybridized carbons (Fsp3) is 0.241. The van der Waals surface area contributed by atoms with Gasteiger partial charge < -0.3 is 9.84 Å². The Balaban J connectivity index is 1.95. The lowest BCUT2D eigenvalue weighted by Crippen LogP contribution is -2.29. The SMILES string of the molecule is CCc1ccc(C2/C(=C(/O)c3ccc(OC)c(C(C)C)c3)C(=O)C(=O)N2c2ccc(F)c(Cl)c2)cc1. The number of ether oxygens (including phenoxy) is 1. The van der Waals surface area contributed by atoms with Gasteiger partial charge in [-0.25, -0.2) is 4.39 Å². The van der Waals surface area contributed by atoms with Crippen LogP contribution in [0.25, 0.3) is 5.76 Å². The number of aryl methyl sites for hydroxylation is 1. The van der Waals surface area contributed by atoms with Crippen LogP contribution in [0.3, 0.4) is 0 Å². The minimum atomic E-state index is -0.929. The molecule has 0 aliphatic carbocycles. The Kier molecular flexibility index (Phi) is 7.18. The third-order valence-electron chi connectivity index (χ3n) is 6.45. The molecule has 3 aromatic carbocycles. The molecule has 4 rings (SSSR count). The molecule has 0 saturated carbocycles. The third kappa shape index (κ3) is 4.49. The molecular weight excluding hydrogens is 481 g/mol. The molecule has 5 nitrogen and oxygen atoms in total. The second kappa shape index (κ2) is 10.2. The van der Waals surface area contributed by atoms with E-state index in [9.17, 15) is 19.1 Å². The highest BCUT2D eigenvalue weighted by Crippen LogP contribution is 2.43. The maximum atomic E-state index is 13.9. The molecule has 7 heteroatoms. The Morgan fingerprint density at radius 3 is 2.36 bits per heavy atom. The number of ketones is 1. The zero-order valence-corrected chi connectivity index (χ0v) is 21.3. The molecule has 36 heavy (non-hydrogen) atoms. The molecule has 1 aliphatic rings. The number of nitrogens with zero attached hydrogens (tertiary/aromatic N) is 1. The molecule has 0 aromatic heterocycles. The Morgan fingerprint density at radius 2 is 1.78 bits per heavy atom. The minimum absolute atomic E-state index is 0.0513. The molecule has 1 unspecified atom stereocenters. The van der Waals surface area contributed by atoms with Gasteiger partial charge in [-0.15, -0.1) is 0 Å². The van der Waals surface area contributed by atoms with Crippen molar-refractivity contribution in [1.29, 1.82) is 0 Å². The van der Waals surface area contributed by atoms with E-state index in [0.29, 0.717) is 16.9 Å². The average molecular weight is 508 g/mol. The van der Waals surface area contributed by atoms with Crippen LogP contribution in [0.1, 0.15) is 55.0 Å². The van der Waals surface area contributed by atoms with Crippen molar-refractivity contribution in [3.8, 4) is 5.75 Å². The fourth-order valence-electron chi connectivity index (χ4n) is 4.47. The van der Waals surface area contributed by atoms with Crippen molar-refractivity contribution < 1.29 is 23.8 Å². The topological polar surface area (TPSA) is 66.8 Å². The maximum Gasteiger partial charge on any atom is 0.300 e. The van der Waals surface area contributed by atoms with E-state index in [0.717, 1.165) is 23.6 Å². The van der Waals surface area contributed by atoms with Gasteiger partial charge in [-0.3, -0.25) is 14.5 Å². The second-order valence-electron chi connectivity index (χ2n) is 8.97. The normalized spacial score (nSPS) is 17.2. The van der Waals surface area contributed by atoms with Crippen molar-refractivity contribution in [2.24, 2.45) is 0 Å². The molecule has 1 N–H and O–H groups in total. The van der Waals surface area contributed by atoms with Crippen LogP contribution >= 0.6 is 11.6 Å². The predicted molar refractivity (Wildman–Crippen MR) is 139 cm³/mol. The van der Waals surface area contributed by atoms with Crippen LogP contribution in [0.2, 0.25) is 5.02 Å². The number of hydrogen-bond donors (Lipinski definition) is 1. The highest BCUT2D eigenvalue weighted by Gasteiger charge is 2.47. The van der Waals surface area contributed by atoms with E-state index in [1.807, 2.05) is 45.0 Å². The summed E-state index contributed by atoms with van der Waals surface area (Å²) >= 11 is 6.01. The van der Waals surface area contributed by atoms with Gasteiger partial charge in [0.25, 0.3) is 11.7 Å². The summed E-state index contributed by atoms with van der Waals surface area (Å²) in [7, 11) is 1.57. The van der Waals surface area contributed by atoms with Crippen molar-refractivity contribution in [1.82, 2.24) is 0 Å². The Bertz CT molecular complexity index is 1360. The van der Waals surface area contributed by atoms with Gasteiger partial charge in [0.15, 0.2) is 0 Å². The van der Waals surface area contributed by atoms with Crippen molar-refractivity contribution in [2.45, 2.75) is 39.2 Å². The molecule has 1 amide bonds. The number of methoxy groups -OCH3 is 1. The number of Topliss-reactive ketones (excluding diaryl/α,β-unsaturated/α-hetero) is 1. The van der Waals surface area contributed by atoms with Crippen LogP contribution < -0.4 is 9.64 Å². The Hall–Kier alpha value is -3.64. The summed E-state index contributed by atoms with van der Waals surface area (Å²) < 4.78 is 19.3. The lowest BCUT2D eigenvalue weighted by atomic mass is 9.92. The van der Waals surface area contributed by atoms with Gasteiger partial charge in [0.05, 0.1) is 23.7 Å². The Labute approximate surface area is 214 Å². The number of carbonyl (C=O) groups is 2. The van der Waals surface area contributed by atoms with Gasteiger partial charge in [0, 0.05) is 11.3 Å². The third-order valence-corrected chi connectivity index (χ3v) is 6.74. The number of aliphatic hydroxyl groups excluding tert-OH is 1. The number of carbonyl (C=O) groups excluding carboxylic acids is 2. The molecule has 1 aliphatic heterocycles. The van der Waals surface area contributed by atoms with Crippen LogP contribution in [0.15, 0.2) is 66.2 Å². The summed E-state index contributed by atoms with van der Waals surface area (Å²) in [5.74, 6) is -1.84. The molecule has 1 atom stereocenters. The van der Waals surface area contributed by atoms with Crippen molar-refractivity contribution in [3.63, 3.8) is 0 Å². The highest BCUT2D eigenvalue weighted by atomic mass is 35.5. The molecule has 3 aromatic rings. The quantitative estimate of drug-likeness (QED) is 0.226. The number of hydrogen-bond acceptors (Lipinski definition) is 4. The van der Waals surface area contributed by atoms with Crippen LogP contribution in [0, 0.1) is 5.82 Å². The first-order chi connectivity index (χ1) is 17.2. The summed E-state index contributed by atoms with van der Waals surface area (Å²) in [5, 5.41) is 11.3. The van der Waals surface area contributed by atoms with Crippen LogP contribution in [-0.2, 0) is 16.0 Å². The van der Waals surface area contributed by atoms with Gasteiger partial charge >= 0.3 is 0 Å². The predicted octanol–water partition coefficient (Wildman–Crippen LogP) is 6.80. The molecule has 0 radical (unpaired) electrons. The molecule has 1 fully saturated rings. The minimum Gasteiger partial charge on any atom is -0.507 e. The number of amides is 1. The molecule has 0 spiro atoms. The lowest BCUT2D eigenvalue weighted by Gasteiger charge is -2.26. The molecule has 1 saturated heterocycles. The standard InChI is InChI=1S/C29H27ClFNO4/c1-5-17-6-8-18(9-7-17)26-25(27(33)19-10-13-24(36-4)21(14-19)16(2)3)28(34)29(35)32(26)20-11-12-23(31)22(30)15-20/h6-16,26,33H,5H2,1-4H3/b27-25-. The van der Waals surface area contributed by atoms with Gasteiger partial charge in [-0.2, -0.15) is 0 Å². The fourth-order valence-corrected chi connectivity index (χ4v) is 4.65. The first-order valence-electron chi connectivity index (χ1n) is 11.7. The van der Waals surface area contributed by atoms with Crippen LogP contribution in [0.5, 0.6) is 5.75 Å². The van der Waals surface area contributed by atoms with Gasteiger partial charge in [-0.05, 0) is 65.4 Å². The van der Waals surface area contributed by atoms with E-state index in [1.54, 1.807) is 25.3 Å². The molecule has 186 valence electrons. The van der Waals surface area contributed by atoms with Crippen LogP contribution in [0.4, 0.5) is 10.1 Å². The summed E-state index contributed by atoms with van der Waals surface area (Å²) in [6.07, 6.45) is 0.817. The van der Waals surface area contributed by atoms with Gasteiger partial charge in [-0.1, -0.05) is 56.6 Å². The Morgan fingerprint density at radius 1 is 1.08 bits per heavy atom. The number of benzene rings is 3. The van der Waals surface area contributed by atoms with E-state index < -0.39 is 23.5 Å². The number of halogens is 2. The highest BCUT2D eigenvalue weighted by molar-refractivity contribution is 6.51. The van der Waals surface area contributed by atoms with Gasteiger partial charge in [0.1, 0.15) is 17.3 Å². The first kappa shape index (κ1) is 25.5. The second-order valence-corrected chi connectivity index (χ2v) is 9.38. The van der Waals surface area contributed by atoms with Gasteiger partial charge in [0.2, 0.25) is 0 Å². The average Bonchev–Trinajstić information content (AvgIpc) is 3.15. The largest absolute Gasteiger partial charge is 0.507 e. The summed E-state index contributed by atoms with van der Waals surface area (Å²) in [4.78, 5) is 27.9. The lowest BCUT2D eigenvalue weighted by molar-refractivity contribution is -0.132. The smallest absolute Gasteiger partial charge is 0.300 e. The summed E-state index contributed by atoms with van der Waals surface area (Å²) in [6, 6.07) is 15.5. The van der Waals surface area contributed by atoms with Crippen molar-refractivity contribution >= 4 is 34.7 Å². The maximum absolute atomic E-state index is 13.9. The monoisotopic (exact) mass is 507 g/mol. The van der Waals surface area contributed by atoms with E-state index in [-0.39, 0.29) is 28.0 Å². The number of aliphatic hydroxyl groups is 1. The zero-order valence-electron chi connectivity index (χ0n) is 20.5. The number of rotatable bonds is 6. The van der Waals surface area contributed by atoms with E-state index in [1.165, 1.54) is 17.0 Å². The van der Waals surface area contributed by atoms with Crippen molar-refractivity contribution in [2.75, 3.05) is 12.0 Å². The van der Waals surface area contributed by atoms with E-state index in [4.69, 9.17) is 16.3 Å². The molecule has 1 heterocycles. The zero-order chi connectivity index (χ0) is 26.1. The van der Waals surface area contributed by atoms with E-state index >= 15 is 0 Å². The van der Waals surface area contributed by atoms with E-state index in [2.05, 4.69) is 0 Å². The molecular formula is C29H27ClFNO4.